The molecule has 0 aliphatic carbocycles. The highest BCUT2D eigenvalue weighted by Crippen LogP contribution is 2.41. The number of hydrogen-bond donors (Lipinski definition) is 1. The quantitative estimate of drug-likeness (QED) is 0.461. The summed E-state index contributed by atoms with van der Waals surface area (Å²) in [4.78, 5) is 14.1. The van der Waals surface area contributed by atoms with Gasteiger partial charge in [0, 0.05) is 34.8 Å². The Morgan fingerprint density at radius 3 is 2.38 bits per heavy atom. The summed E-state index contributed by atoms with van der Waals surface area (Å²) in [5, 5.41) is 1.39. The molecular formula is C21H18ClF6N5O. The average Bonchev–Trinajstić information content (AvgIpc) is 3.40. The fraction of sp³-hybridized carbons (Fsp3) is 0.476. The van der Waals surface area contributed by atoms with Crippen molar-refractivity contribution in [1.29, 1.82) is 0 Å². The van der Waals surface area contributed by atoms with E-state index in [0.29, 0.717) is 30.2 Å². The first-order valence-electron chi connectivity index (χ1n) is 10.6. The summed E-state index contributed by atoms with van der Waals surface area (Å²) in [6.45, 7) is 0.664. The van der Waals surface area contributed by atoms with Crippen molar-refractivity contribution >= 4 is 28.5 Å². The Balaban J connectivity index is 1.64. The van der Waals surface area contributed by atoms with E-state index in [4.69, 9.17) is 16.3 Å². The zero-order valence-electron chi connectivity index (χ0n) is 17.5. The molecule has 1 N–H and O–H groups in total. The molecule has 0 amide bonds. The summed E-state index contributed by atoms with van der Waals surface area (Å²) in [6.07, 6.45) is -8.26. The van der Waals surface area contributed by atoms with Crippen LogP contribution in [0.5, 0.6) is 0 Å². The molecule has 1 aromatic carbocycles. The number of H-pyrrole nitrogens is 1. The van der Waals surface area contributed by atoms with Crippen molar-refractivity contribution in [1.82, 2.24) is 19.9 Å². The number of anilines is 1. The highest BCUT2D eigenvalue weighted by Gasteiger charge is 2.43. The smallest absolute Gasteiger partial charge is 0.378 e. The number of halogens is 7. The largest absolute Gasteiger partial charge is 0.451 e. The maximum absolute atomic E-state index is 13.4. The van der Waals surface area contributed by atoms with Crippen LogP contribution in [0.3, 0.4) is 0 Å². The Morgan fingerprint density at radius 1 is 1.06 bits per heavy atom. The lowest BCUT2D eigenvalue weighted by atomic mass is 9.93. The lowest BCUT2D eigenvalue weighted by Crippen LogP contribution is -2.39. The van der Waals surface area contributed by atoms with Gasteiger partial charge in [-0.25, -0.2) is 4.98 Å². The van der Waals surface area contributed by atoms with Crippen molar-refractivity contribution in [2.24, 2.45) is 0 Å². The first kappa shape index (κ1) is 23.2. The number of aromatic nitrogens is 4. The average molecular weight is 506 g/mol. The molecule has 2 aliphatic heterocycles. The molecule has 3 aromatic rings. The van der Waals surface area contributed by atoms with E-state index in [2.05, 4.69) is 19.9 Å². The normalized spacial score (nSPS) is 21.3. The second kappa shape index (κ2) is 8.26. The predicted molar refractivity (Wildman–Crippen MR) is 111 cm³/mol. The van der Waals surface area contributed by atoms with E-state index in [9.17, 15) is 26.3 Å². The Hall–Kier alpha value is -2.60. The van der Waals surface area contributed by atoms with Crippen molar-refractivity contribution in [3.05, 3.63) is 46.1 Å². The molecule has 1 saturated heterocycles. The number of nitrogens with zero attached hydrogens (tertiary/aromatic N) is 4. The summed E-state index contributed by atoms with van der Waals surface area (Å²) in [7, 11) is 0. The zero-order chi connectivity index (χ0) is 24.3. The van der Waals surface area contributed by atoms with E-state index < -0.39 is 36.0 Å². The van der Waals surface area contributed by atoms with Crippen molar-refractivity contribution in [3.63, 3.8) is 0 Å². The second-order valence-electron chi connectivity index (χ2n) is 8.32. The number of aromatic amines is 1. The molecule has 1 fully saturated rings. The Kier molecular flexibility index (Phi) is 5.63. The SMILES string of the molecule is FC(F)(F)c1nc(N2CCc3c([nH]c4ccc(Cl)cc34)C2CC2CCCO2)nc(C(F)(F)F)n1. The van der Waals surface area contributed by atoms with Gasteiger partial charge in [0.1, 0.15) is 0 Å². The van der Waals surface area contributed by atoms with Crippen LogP contribution in [0, 0.1) is 0 Å². The molecule has 13 heteroatoms. The fourth-order valence-corrected chi connectivity index (χ4v) is 4.82. The summed E-state index contributed by atoms with van der Waals surface area (Å²) >= 11 is 6.15. The van der Waals surface area contributed by atoms with Crippen LogP contribution >= 0.6 is 11.6 Å². The Labute approximate surface area is 194 Å². The van der Waals surface area contributed by atoms with Crippen LogP contribution in [0.25, 0.3) is 10.9 Å². The van der Waals surface area contributed by atoms with E-state index in [1.807, 2.05) is 0 Å². The molecule has 2 aromatic heterocycles. The minimum Gasteiger partial charge on any atom is -0.378 e. The summed E-state index contributed by atoms with van der Waals surface area (Å²) in [5.74, 6) is -4.43. The molecule has 0 bridgehead atoms. The molecular weight excluding hydrogens is 488 g/mol. The van der Waals surface area contributed by atoms with Gasteiger partial charge >= 0.3 is 12.4 Å². The number of hydrogen-bond acceptors (Lipinski definition) is 5. The number of fused-ring (bicyclic) bond motifs is 3. The zero-order valence-corrected chi connectivity index (χ0v) is 18.2. The Morgan fingerprint density at radius 2 is 1.76 bits per heavy atom. The molecule has 2 aliphatic rings. The van der Waals surface area contributed by atoms with Crippen LogP contribution in [-0.2, 0) is 23.5 Å². The monoisotopic (exact) mass is 505 g/mol. The molecule has 4 heterocycles. The third kappa shape index (κ3) is 4.28. The molecule has 2 atom stereocenters. The number of alkyl halides is 6. The van der Waals surface area contributed by atoms with E-state index >= 15 is 0 Å². The van der Waals surface area contributed by atoms with Crippen LogP contribution in [0.15, 0.2) is 18.2 Å². The number of nitrogens with one attached hydrogen (secondary N) is 1. The minimum atomic E-state index is -5.17. The summed E-state index contributed by atoms with van der Waals surface area (Å²) in [5.41, 5.74) is 2.37. The van der Waals surface area contributed by atoms with Crippen LogP contribution in [-0.4, -0.2) is 39.2 Å². The van der Waals surface area contributed by atoms with Crippen molar-refractivity contribution in [2.45, 2.75) is 50.2 Å². The lowest BCUT2D eigenvalue weighted by Gasteiger charge is -2.37. The fourth-order valence-electron chi connectivity index (χ4n) is 4.65. The summed E-state index contributed by atoms with van der Waals surface area (Å²) < 4.78 is 85.9. The minimum absolute atomic E-state index is 0.114. The van der Waals surface area contributed by atoms with Gasteiger partial charge in [0.2, 0.25) is 17.6 Å². The van der Waals surface area contributed by atoms with Gasteiger partial charge in [-0.2, -0.15) is 36.3 Å². The number of ether oxygens (including phenoxy) is 1. The van der Waals surface area contributed by atoms with E-state index in [0.717, 1.165) is 29.3 Å². The van der Waals surface area contributed by atoms with Gasteiger partial charge in [-0.15, -0.1) is 0 Å². The standard InChI is InChI=1S/C21H18ClF6N5O/c22-10-3-4-14-13(8-10)12-5-6-33(15(16(12)29-14)9-11-2-1-7-34-11)19-31-17(20(23,24)25)30-18(32-19)21(26,27)28/h3-4,8,11,15,29H,1-2,5-7,9H2. The first-order valence-corrected chi connectivity index (χ1v) is 11.0. The number of benzene rings is 1. The van der Waals surface area contributed by atoms with Gasteiger partial charge in [0.15, 0.2) is 0 Å². The van der Waals surface area contributed by atoms with Gasteiger partial charge in [-0.05, 0) is 49.4 Å². The van der Waals surface area contributed by atoms with Crippen LogP contribution < -0.4 is 4.90 Å². The van der Waals surface area contributed by atoms with Crippen molar-refractivity contribution in [3.8, 4) is 0 Å². The summed E-state index contributed by atoms with van der Waals surface area (Å²) in [6, 6.07) is 4.66. The maximum atomic E-state index is 13.4. The third-order valence-electron chi connectivity index (χ3n) is 6.11. The van der Waals surface area contributed by atoms with Crippen molar-refractivity contribution in [2.75, 3.05) is 18.1 Å². The number of rotatable bonds is 3. The lowest BCUT2D eigenvalue weighted by molar-refractivity contribution is -0.155. The van der Waals surface area contributed by atoms with Gasteiger partial charge in [0.25, 0.3) is 0 Å². The Bertz CT molecular complexity index is 1190. The molecule has 2 unspecified atom stereocenters. The third-order valence-corrected chi connectivity index (χ3v) is 6.35. The van der Waals surface area contributed by atoms with Gasteiger partial charge in [-0.1, -0.05) is 11.6 Å². The molecule has 34 heavy (non-hydrogen) atoms. The van der Waals surface area contributed by atoms with Gasteiger partial charge in [0.05, 0.1) is 12.1 Å². The van der Waals surface area contributed by atoms with E-state index in [-0.39, 0.29) is 12.6 Å². The highest BCUT2D eigenvalue weighted by molar-refractivity contribution is 6.31. The molecule has 0 saturated carbocycles. The van der Waals surface area contributed by atoms with Crippen LogP contribution in [0.1, 0.15) is 48.2 Å². The molecule has 182 valence electrons. The topological polar surface area (TPSA) is 66.9 Å². The van der Waals surface area contributed by atoms with Crippen LogP contribution in [0.4, 0.5) is 32.3 Å². The molecule has 5 rings (SSSR count). The maximum Gasteiger partial charge on any atom is 0.451 e. The second-order valence-corrected chi connectivity index (χ2v) is 8.75. The van der Waals surface area contributed by atoms with Gasteiger partial charge in [-0.3, -0.25) is 0 Å². The molecule has 0 spiro atoms. The van der Waals surface area contributed by atoms with Crippen molar-refractivity contribution < 1.29 is 31.1 Å². The predicted octanol–water partition coefficient (Wildman–Crippen LogP) is 5.72. The van der Waals surface area contributed by atoms with Crippen LogP contribution in [0.2, 0.25) is 5.02 Å². The van der Waals surface area contributed by atoms with E-state index in [1.165, 1.54) is 4.90 Å². The highest BCUT2D eigenvalue weighted by atomic mass is 35.5. The molecule has 6 nitrogen and oxygen atoms in total. The van der Waals surface area contributed by atoms with Gasteiger partial charge < -0.3 is 14.6 Å². The first-order chi connectivity index (χ1) is 16.0. The van der Waals surface area contributed by atoms with E-state index in [1.54, 1.807) is 18.2 Å². The molecule has 0 radical (unpaired) electrons.